The van der Waals surface area contributed by atoms with Gasteiger partial charge in [-0.05, 0) is 22.4 Å². The zero-order valence-corrected chi connectivity index (χ0v) is 14.7. The monoisotopic (exact) mass is 346 g/mol. The minimum Gasteiger partial charge on any atom is -0.382 e. The number of imidazole rings is 1. The molecule has 0 saturated heterocycles. The molecule has 0 aliphatic rings. The lowest BCUT2D eigenvalue weighted by Crippen LogP contribution is -2.15. The van der Waals surface area contributed by atoms with Crippen molar-refractivity contribution in [2.75, 3.05) is 0 Å². The number of fused-ring (bicyclic) bond motifs is 1. The van der Waals surface area contributed by atoms with E-state index in [1.165, 1.54) is 0 Å². The Kier molecular flexibility index (Phi) is 3.96. The fourth-order valence-electron chi connectivity index (χ4n) is 2.34. The summed E-state index contributed by atoms with van der Waals surface area (Å²) in [5, 5.41) is 1.42. The average Bonchev–Trinajstić information content (AvgIpc) is 3.00. The quantitative estimate of drug-likeness (QED) is 0.450. The highest BCUT2D eigenvalue weighted by Crippen LogP contribution is 2.29. The Labute approximate surface area is 141 Å². The Morgan fingerprint density at radius 1 is 1.43 bits per heavy atom. The maximum atomic E-state index is 6.09. The third kappa shape index (κ3) is 2.76. The first-order valence-electron chi connectivity index (χ1n) is 6.82. The van der Waals surface area contributed by atoms with Crippen LogP contribution in [0.4, 0.5) is 0 Å². The molecule has 6 nitrogen and oxygen atoms in total. The smallest absolute Gasteiger partial charge is 0.151 e. The Morgan fingerprint density at radius 3 is 2.83 bits per heavy atom. The van der Waals surface area contributed by atoms with E-state index in [4.69, 9.17) is 17.3 Å². The molecule has 1 atom stereocenters. The highest BCUT2D eigenvalue weighted by Gasteiger charge is 2.13. The third-order valence-corrected chi connectivity index (χ3v) is 4.28. The van der Waals surface area contributed by atoms with Crippen LogP contribution in [0, 0.1) is 6.92 Å². The van der Waals surface area contributed by atoms with Gasteiger partial charge in [0.1, 0.15) is 11.3 Å². The molecule has 3 heterocycles. The van der Waals surface area contributed by atoms with E-state index in [2.05, 4.69) is 30.9 Å². The van der Waals surface area contributed by atoms with Crippen molar-refractivity contribution in [3.05, 3.63) is 53.3 Å². The van der Waals surface area contributed by atoms with Crippen LogP contribution in [0.25, 0.3) is 16.7 Å². The number of halogens is 1. The standard InChI is InChI=1S/C15H16ClN6P/c1-8(20-14(17)13-9(2)21(3)7-19-13)12-6-22(23)15-11(12)4-10(16)5-18-15/h4-7H,1,23H2,2-3H3,(H2,17,20). The fourth-order valence-corrected chi connectivity index (χ4v) is 2.85. The predicted octanol–water partition coefficient (Wildman–Crippen LogP) is 2.75. The lowest BCUT2D eigenvalue weighted by Gasteiger charge is -2.02. The second-order valence-corrected chi connectivity index (χ2v) is 6.20. The number of nitrogens with zero attached hydrogens (tertiary/aromatic N) is 5. The Bertz CT molecular complexity index is 952. The van der Waals surface area contributed by atoms with Gasteiger partial charge in [-0.2, -0.15) is 0 Å². The van der Waals surface area contributed by atoms with E-state index in [0.29, 0.717) is 22.2 Å². The van der Waals surface area contributed by atoms with Crippen molar-refractivity contribution in [3.63, 3.8) is 0 Å². The van der Waals surface area contributed by atoms with Gasteiger partial charge in [0.2, 0.25) is 0 Å². The first-order valence-corrected chi connectivity index (χ1v) is 7.71. The molecular weight excluding hydrogens is 331 g/mol. The van der Waals surface area contributed by atoms with Crippen molar-refractivity contribution in [2.24, 2.45) is 17.8 Å². The van der Waals surface area contributed by atoms with Crippen LogP contribution in [0.5, 0.6) is 0 Å². The predicted molar refractivity (Wildman–Crippen MR) is 97.6 cm³/mol. The van der Waals surface area contributed by atoms with E-state index in [-0.39, 0.29) is 0 Å². The zero-order valence-electron chi connectivity index (χ0n) is 12.8. The molecule has 3 aromatic rings. The number of hydrogen-bond donors (Lipinski definition) is 1. The summed E-state index contributed by atoms with van der Waals surface area (Å²) in [6.07, 6.45) is 5.18. The summed E-state index contributed by atoms with van der Waals surface area (Å²) in [7, 11) is 4.48. The van der Waals surface area contributed by atoms with Crippen LogP contribution in [-0.2, 0) is 7.05 Å². The second-order valence-electron chi connectivity index (χ2n) is 5.21. The third-order valence-electron chi connectivity index (χ3n) is 3.68. The molecule has 0 aliphatic heterocycles. The van der Waals surface area contributed by atoms with Crippen molar-refractivity contribution in [2.45, 2.75) is 6.92 Å². The van der Waals surface area contributed by atoms with E-state index in [0.717, 1.165) is 22.3 Å². The van der Waals surface area contributed by atoms with Gasteiger partial charge < -0.3 is 14.6 Å². The molecule has 1 unspecified atom stereocenters. The summed E-state index contributed by atoms with van der Waals surface area (Å²) in [6, 6.07) is 1.84. The van der Waals surface area contributed by atoms with Gasteiger partial charge >= 0.3 is 0 Å². The molecule has 0 aromatic carbocycles. The molecule has 23 heavy (non-hydrogen) atoms. The molecule has 8 heteroatoms. The first kappa shape index (κ1) is 15.7. The maximum Gasteiger partial charge on any atom is 0.151 e. The van der Waals surface area contributed by atoms with E-state index < -0.39 is 0 Å². The number of nitrogens with two attached hydrogens (primary N) is 1. The summed E-state index contributed by atoms with van der Waals surface area (Å²) in [5.41, 5.74) is 9.81. The van der Waals surface area contributed by atoms with Crippen molar-refractivity contribution in [1.29, 1.82) is 0 Å². The first-order chi connectivity index (χ1) is 10.9. The molecule has 3 aromatic heterocycles. The van der Waals surface area contributed by atoms with Crippen molar-refractivity contribution < 1.29 is 0 Å². The minimum atomic E-state index is 0.327. The molecule has 0 fully saturated rings. The summed E-state index contributed by atoms with van der Waals surface area (Å²) >= 11 is 6.05. The number of aliphatic imine (C=N–C) groups is 1. The summed E-state index contributed by atoms with van der Waals surface area (Å²) in [6.45, 7) is 5.96. The molecule has 118 valence electrons. The Balaban J connectivity index is 2.05. The van der Waals surface area contributed by atoms with Crippen LogP contribution in [0.2, 0.25) is 5.02 Å². The molecule has 2 N–H and O–H groups in total. The highest BCUT2D eigenvalue weighted by molar-refractivity contribution is 7.14. The maximum absolute atomic E-state index is 6.09. The number of pyridine rings is 1. The number of amidine groups is 1. The SMILES string of the molecule is C=C(/N=C(/N)c1ncn(C)c1C)c1cn(P)c2ncc(Cl)cc12. The fraction of sp³-hybridized carbons (Fsp3) is 0.133. The largest absolute Gasteiger partial charge is 0.382 e. The van der Waals surface area contributed by atoms with Crippen LogP contribution < -0.4 is 5.73 Å². The Morgan fingerprint density at radius 2 is 2.17 bits per heavy atom. The molecule has 0 amide bonds. The van der Waals surface area contributed by atoms with Crippen LogP contribution in [0.15, 0.2) is 36.4 Å². The van der Waals surface area contributed by atoms with Gasteiger partial charge in [-0.1, -0.05) is 18.2 Å². The van der Waals surface area contributed by atoms with Gasteiger partial charge in [-0.15, -0.1) is 0 Å². The summed E-state index contributed by atoms with van der Waals surface area (Å²) in [5.74, 6) is 0.327. The highest BCUT2D eigenvalue weighted by atomic mass is 35.5. The number of aryl methyl sites for hydroxylation is 1. The number of hydrogen-bond acceptors (Lipinski definition) is 3. The number of rotatable bonds is 3. The van der Waals surface area contributed by atoms with E-state index >= 15 is 0 Å². The van der Waals surface area contributed by atoms with Gasteiger partial charge in [-0.3, -0.25) is 0 Å². The zero-order chi connectivity index (χ0) is 16.7. The van der Waals surface area contributed by atoms with E-state index in [1.54, 1.807) is 12.5 Å². The van der Waals surface area contributed by atoms with Crippen molar-refractivity contribution in [1.82, 2.24) is 18.9 Å². The van der Waals surface area contributed by atoms with Crippen LogP contribution in [0.3, 0.4) is 0 Å². The number of aromatic nitrogens is 4. The Hall–Kier alpha value is -2.17. The molecule has 0 radical (unpaired) electrons. The van der Waals surface area contributed by atoms with Gasteiger partial charge in [0.05, 0.1) is 17.0 Å². The van der Waals surface area contributed by atoms with Gasteiger partial charge in [0.15, 0.2) is 5.84 Å². The van der Waals surface area contributed by atoms with Gasteiger partial charge in [-0.25, -0.2) is 15.0 Å². The molecule has 0 bridgehead atoms. The molecule has 3 rings (SSSR count). The normalized spacial score (nSPS) is 12.1. The molecule has 0 saturated carbocycles. The van der Waals surface area contributed by atoms with Crippen LogP contribution in [-0.4, -0.2) is 24.7 Å². The van der Waals surface area contributed by atoms with Gasteiger partial charge in [0, 0.05) is 36.1 Å². The topological polar surface area (TPSA) is 74.0 Å². The van der Waals surface area contributed by atoms with Crippen LogP contribution in [0.1, 0.15) is 17.0 Å². The van der Waals surface area contributed by atoms with E-state index in [9.17, 15) is 0 Å². The van der Waals surface area contributed by atoms with Crippen LogP contribution >= 0.6 is 21.0 Å². The van der Waals surface area contributed by atoms with Gasteiger partial charge in [0.25, 0.3) is 0 Å². The van der Waals surface area contributed by atoms with Crippen molar-refractivity contribution >= 4 is 43.6 Å². The minimum absolute atomic E-state index is 0.327. The lowest BCUT2D eigenvalue weighted by atomic mass is 10.2. The molecular formula is C15H16ClN6P. The lowest BCUT2D eigenvalue weighted by molar-refractivity contribution is 0.873. The van der Waals surface area contributed by atoms with Crippen molar-refractivity contribution in [3.8, 4) is 0 Å². The molecule has 0 spiro atoms. The molecule has 0 aliphatic carbocycles. The van der Waals surface area contributed by atoms with E-state index in [1.807, 2.05) is 35.1 Å². The second kappa shape index (κ2) is 5.80. The summed E-state index contributed by atoms with van der Waals surface area (Å²) in [4.78, 5) is 13.0. The summed E-state index contributed by atoms with van der Waals surface area (Å²) < 4.78 is 3.71. The average molecular weight is 347 g/mol.